The second kappa shape index (κ2) is 16.7. The molecule has 2 saturated carbocycles. The van der Waals surface area contributed by atoms with Crippen molar-refractivity contribution in [3.63, 3.8) is 0 Å². The third-order valence-corrected chi connectivity index (χ3v) is 10.3. The first-order valence-corrected chi connectivity index (χ1v) is 18.0. The number of alkyl carbamates (subject to hydrolysis) is 1. The average molecular weight is 694 g/mol. The molecule has 0 radical (unpaired) electrons. The normalized spacial score (nSPS) is 22.3. The van der Waals surface area contributed by atoms with Crippen molar-refractivity contribution >= 4 is 35.5 Å². The number of ketones is 1. The van der Waals surface area contributed by atoms with Gasteiger partial charge >= 0.3 is 6.09 Å². The van der Waals surface area contributed by atoms with Gasteiger partial charge in [0, 0.05) is 26.1 Å². The number of allylic oxidation sites excluding steroid dienone is 1. The minimum Gasteiger partial charge on any atom is -0.444 e. The predicted octanol–water partition coefficient (Wildman–Crippen LogP) is 3.79. The van der Waals surface area contributed by atoms with Crippen molar-refractivity contribution in [2.45, 2.75) is 116 Å². The molecule has 2 aliphatic carbocycles. The van der Waals surface area contributed by atoms with Crippen LogP contribution in [0.3, 0.4) is 0 Å². The van der Waals surface area contributed by atoms with Crippen LogP contribution in [0.25, 0.3) is 0 Å². The molecule has 0 aromatic heterocycles. The monoisotopic (exact) mass is 693 g/mol. The molecule has 5 atom stereocenters. The van der Waals surface area contributed by atoms with Gasteiger partial charge < -0.3 is 30.9 Å². The molecule has 4 rings (SSSR count). The first-order chi connectivity index (χ1) is 23.6. The maximum Gasteiger partial charge on any atom is 0.408 e. The van der Waals surface area contributed by atoms with Crippen LogP contribution in [0.1, 0.15) is 91.5 Å². The number of hydrogen-bond donors (Lipinski definition) is 4. The van der Waals surface area contributed by atoms with Gasteiger partial charge in [-0.1, -0.05) is 69.5 Å². The molecular weight excluding hydrogens is 638 g/mol. The highest BCUT2D eigenvalue weighted by molar-refractivity contribution is 6.38. The third kappa shape index (κ3) is 9.94. The number of nitrogens with zero attached hydrogens (tertiary/aromatic N) is 1. The fraction of sp³-hybridized carbons (Fsp3) is 0.632. The fourth-order valence-corrected chi connectivity index (χ4v) is 7.51. The maximum absolute atomic E-state index is 14.3. The van der Waals surface area contributed by atoms with Crippen molar-refractivity contribution in [3.8, 4) is 0 Å². The minimum atomic E-state index is -1.15. The number of carbonyl (C=O) groups is 6. The fourth-order valence-electron chi connectivity index (χ4n) is 7.51. The van der Waals surface area contributed by atoms with Crippen molar-refractivity contribution in [1.82, 2.24) is 26.2 Å². The lowest BCUT2D eigenvalue weighted by Crippen LogP contribution is -2.59. The van der Waals surface area contributed by atoms with E-state index in [-0.39, 0.29) is 54.4 Å². The van der Waals surface area contributed by atoms with Crippen LogP contribution < -0.4 is 21.3 Å². The molecule has 0 bridgehead atoms. The zero-order valence-corrected chi connectivity index (χ0v) is 30.2. The molecule has 1 heterocycles. The number of nitrogens with one attached hydrogen (secondary N) is 4. The molecule has 1 unspecified atom stereocenters. The van der Waals surface area contributed by atoms with Crippen molar-refractivity contribution in [2.75, 3.05) is 13.1 Å². The van der Waals surface area contributed by atoms with Gasteiger partial charge in [0.15, 0.2) is 0 Å². The topological polar surface area (TPSA) is 163 Å². The van der Waals surface area contributed by atoms with Gasteiger partial charge in [-0.05, 0) is 75.2 Å². The lowest BCUT2D eigenvalue weighted by atomic mass is 9.83. The number of ether oxygens (including phenoxy) is 1. The number of hydrogen-bond acceptors (Lipinski definition) is 7. The highest BCUT2D eigenvalue weighted by atomic mass is 16.6. The summed E-state index contributed by atoms with van der Waals surface area (Å²) in [6, 6.07) is 6.53. The number of rotatable bonds is 15. The number of Topliss-reactive ketones (excluding diaryl/α,β-unsaturated/α-hetero) is 1. The van der Waals surface area contributed by atoms with Crippen molar-refractivity contribution in [2.24, 2.45) is 23.2 Å². The van der Waals surface area contributed by atoms with Crippen LogP contribution in [-0.4, -0.2) is 77.2 Å². The van der Waals surface area contributed by atoms with Gasteiger partial charge in [-0.15, -0.1) is 6.58 Å². The highest BCUT2D eigenvalue weighted by Crippen LogP contribution is 2.65. The van der Waals surface area contributed by atoms with Gasteiger partial charge in [0.1, 0.15) is 17.7 Å². The second-order valence-corrected chi connectivity index (χ2v) is 15.5. The SMILES string of the molecule is C=CCCC(NC(=O)[C@@H]1[C@@H]2[C@H](CN1C(=O)[C@@H](NC(=O)OC(C)(C)C)C1CCCCC1)C2(C)C)C(=O)C(=O)NCCC(=O)NCc1ccccc1. The molecular formula is C38H55N5O7. The number of carbonyl (C=O) groups excluding carboxylic acids is 6. The Morgan fingerprint density at radius 1 is 1.00 bits per heavy atom. The number of likely N-dealkylation sites (tertiary alicyclic amines) is 1. The summed E-state index contributed by atoms with van der Waals surface area (Å²) in [5.41, 5.74) is -0.00953. The predicted molar refractivity (Wildman–Crippen MR) is 188 cm³/mol. The Balaban J connectivity index is 1.43. The molecule has 1 aromatic carbocycles. The Bertz CT molecular complexity index is 1420. The van der Waals surface area contributed by atoms with Crippen LogP contribution in [0.15, 0.2) is 43.0 Å². The number of amides is 5. The summed E-state index contributed by atoms with van der Waals surface area (Å²) >= 11 is 0. The largest absolute Gasteiger partial charge is 0.444 e. The molecule has 1 aromatic rings. The van der Waals surface area contributed by atoms with E-state index < -0.39 is 47.4 Å². The van der Waals surface area contributed by atoms with Gasteiger partial charge in [-0.25, -0.2) is 4.79 Å². The summed E-state index contributed by atoms with van der Waals surface area (Å²) in [4.78, 5) is 81.5. The van der Waals surface area contributed by atoms with E-state index in [0.717, 1.165) is 37.7 Å². The minimum absolute atomic E-state index is 0.0215. The Labute approximate surface area is 295 Å². The standard InChI is InChI=1S/C38H55N5O7/c1-7-8-19-27(32(45)34(47)39-21-20-28(44)40-22-24-15-11-9-12-16-24)41-33(46)31-29-26(38(29,5)6)23-43(31)35(48)30(25-17-13-10-14-18-25)42-36(49)50-37(2,3)4/h7,9,11-12,15-16,25-27,29-31H,1,8,10,13-14,17-23H2,2-6H3,(H,39,47)(H,40,44)(H,41,46)(H,42,49)/t26-,27?,29-,30-,31-/m0/s1. The Morgan fingerprint density at radius 3 is 2.32 bits per heavy atom. The zero-order chi connectivity index (χ0) is 36.6. The molecule has 1 saturated heterocycles. The molecule has 12 nitrogen and oxygen atoms in total. The zero-order valence-electron chi connectivity index (χ0n) is 30.2. The number of benzene rings is 1. The van der Waals surface area contributed by atoms with Crippen molar-refractivity contribution < 1.29 is 33.5 Å². The number of fused-ring (bicyclic) bond motifs is 1. The average Bonchev–Trinajstić information content (AvgIpc) is 3.38. The van der Waals surface area contributed by atoms with E-state index in [1.54, 1.807) is 31.7 Å². The van der Waals surface area contributed by atoms with E-state index in [1.165, 1.54) is 0 Å². The lowest BCUT2D eigenvalue weighted by molar-refractivity contribution is -0.145. The van der Waals surface area contributed by atoms with E-state index in [1.807, 2.05) is 30.3 Å². The molecule has 12 heteroatoms. The first kappa shape index (κ1) is 38.6. The van der Waals surface area contributed by atoms with Crippen molar-refractivity contribution in [1.29, 1.82) is 0 Å². The molecule has 5 amide bonds. The quantitative estimate of drug-likeness (QED) is 0.161. The van der Waals surface area contributed by atoms with Crippen LogP contribution in [0.4, 0.5) is 4.79 Å². The van der Waals surface area contributed by atoms with E-state index in [0.29, 0.717) is 19.5 Å². The Hall–Kier alpha value is -4.22. The lowest BCUT2D eigenvalue weighted by Gasteiger charge is -2.37. The summed E-state index contributed by atoms with van der Waals surface area (Å²) < 4.78 is 5.51. The molecule has 274 valence electrons. The van der Waals surface area contributed by atoms with Crippen LogP contribution >= 0.6 is 0 Å². The summed E-state index contributed by atoms with van der Waals surface area (Å²) in [6.45, 7) is 13.8. The van der Waals surface area contributed by atoms with E-state index in [9.17, 15) is 28.8 Å². The number of piperidine rings is 1. The van der Waals surface area contributed by atoms with Crippen LogP contribution in [0, 0.1) is 23.2 Å². The van der Waals surface area contributed by atoms with Crippen LogP contribution in [0.5, 0.6) is 0 Å². The molecule has 1 aliphatic heterocycles. The molecule has 3 fully saturated rings. The van der Waals surface area contributed by atoms with Crippen molar-refractivity contribution in [3.05, 3.63) is 48.6 Å². The first-order valence-electron chi connectivity index (χ1n) is 18.0. The van der Waals surface area contributed by atoms with Gasteiger partial charge in [0.25, 0.3) is 5.91 Å². The molecule has 3 aliphatic rings. The summed E-state index contributed by atoms with van der Waals surface area (Å²) in [5.74, 6) is -3.01. The second-order valence-electron chi connectivity index (χ2n) is 15.5. The summed E-state index contributed by atoms with van der Waals surface area (Å²) in [7, 11) is 0. The molecule has 50 heavy (non-hydrogen) atoms. The smallest absolute Gasteiger partial charge is 0.408 e. The van der Waals surface area contributed by atoms with Gasteiger partial charge in [0.05, 0.1) is 6.04 Å². The van der Waals surface area contributed by atoms with E-state index in [2.05, 4.69) is 41.7 Å². The van der Waals surface area contributed by atoms with Gasteiger partial charge in [-0.2, -0.15) is 0 Å². The molecule has 0 spiro atoms. The van der Waals surface area contributed by atoms with E-state index >= 15 is 0 Å². The van der Waals surface area contributed by atoms with Gasteiger partial charge in [0.2, 0.25) is 23.5 Å². The van der Waals surface area contributed by atoms with Crippen LogP contribution in [-0.2, 0) is 35.3 Å². The summed E-state index contributed by atoms with van der Waals surface area (Å²) in [6.07, 6.45) is 5.90. The van der Waals surface area contributed by atoms with E-state index in [4.69, 9.17) is 4.74 Å². The Kier molecular flexibility index (Phi) is 12.9. The summed E-state index contributed by atoms with van der Waals surface area (Å²) in [5, 5.41) is 10.9. The highest BCUT2D eigenvalue weighted by Gasteiger charge is 2.69. The third-order valence-electron chi connectivity index (χ3n) is 10.3. The molecule has 4 N–H and O–H groups in total. The maximum atomic E-state index is 14.3. The Morgan fingerprint density at radius 2 is 1.68 bits per heavy atom. The van der Waals surface area contributed by atoms with Crippen LogP contribution in [0.2, 0.25) is 0 Å². The van der Waals surface area contributed by atoms with Gasteiger partial charge in [-0.3, -0.25) is 24.0 Å².